The molecule has 0 radical (unpaired) electrons. The second-order valence-corrected chi connectivity index (χ2v) is 8.77. The van der Waals surface area contributed by atoms with Crippen LogP contribution in [0.3, 0.4) is 0 Å². The van der Waals surface area contributed by atoms with Gasteiger partial charge in [-0.1, -0.05) is 60.7 Å². The van der Waals surface area contributed by atoms with E-state index in [9.17, 15) is 56.8 Å². The number of alkyl halides is 6. The molecular weight excluding hydrogens is 562 g/mol. The van der Waals surface area contributed by atoms with Gasteiger partial charge in [0.15, 0.2) is 0 Å². The lowest BCUT2D eigenvalue weighted by molar-refractivity contribution is -0.386. The van der Waals surface area contributed by atoms with Gasteiger partial charge in [-0.05, 0) is 34.4 Å². The Morgan fingerprint density at radius 2 is 0.878 bits per heavy atom. The lowest BCUT2D eigenvalue weighted by Crippen LogP contribution is -2.54. The van der Waals surface area contributed by atoms with Crippen molar-refractivity contribution in [3.05, 3.63) is 116 Å². The van der Waals surface area contributed by atoms with Crippen LogP contribution in [0.4, 0.5) is 37.7 Å². The van der Waals surface area contributed by atoms with Gasteiger partial charge in [0.1, 0.15) is 0 Å². The largest absolute Gasteiger partial charge is 0.502 e. The molecule has 41 heavy (non-hydrogen) atoms. The third kappa shape index (κ3) is 4.77. The van der Waals surface area contributed by atoms with Crippen molar-refractivity contribution >= 4 is 11.4 Å². The summed E-state index contributed by atoms with van der Waals surface area (Å²) in [6.07, 6.45) is -12.6. The molecule has 0 fully saturated rings. The van der Waals surface area contributed by atoms with Crippen LogP contribution in [-0.2, 0) is 5.41 Å². The Labute approximate surface area is 226 Å². The zero-order chi connectivity index (χ0) is 30.3. The predicted molar refractivity (Wildman–Crippen MR) is 133 cm³/mol. The highest BCUT2D eigenvalue weighted by atomic mass is 19.4. The van der Waals surface area contributed by atoms with Crippen molar-refractivity contribution in [2.24, 2.45) is 0 Å². The van der Waals surface area contributed by atoms with E-state index in [1.807, 2.05) is 0 Å². The lowest BCUT2D eigenvalue weighted by atomic mass is 9.71. The quantitative estimate of drug-likeness (QED) is 0.137. The first kappa shape index (κ1) is 28.9. The number of aromatic hydroxyl groups is 2. The van der Waals surface area contributed by atoms with Crippen LogP contribution < -0.4 is 0 Å². The van der Waals surface area contributed by atoms with Gasteiger partial charge < -0.3 is 10.2 Å². The third-order valence-electron chi connectivity index (χ3n) is 6.46. The molecule has 0 aromatic heterocycles. The van der Waals surface area contributed by atoms with Gasteiger partial charge in [0.2, 0.25) is 16.9 Å². The average molecular weight is 578 g/mol. The fourth-order valence-electron chi connectivity index (χ4n) is 4.61. The normalized spacial score (nSPS) is 12.2. The van der Waals surface area contributed by atoms with Crippen molar-refractivity contribution in [2.75, 3.05) is 0 Å². The molecule has 0 aliphatic rings. The van der Waals surface area contributed by atoms with Gasteiger partial charge in [-0.2, -0.15) is 26.3 Å². The molecule has 0 saturated heterocycles. The van der Waals surface area contributed by atoms with E-state index < -0.39 is 72.7 Å². The van der Waals surface area contributed by atoms with E-state index in [-0.39, 0.29) is 23.3 Å². The van der Waals surface area contributed by atoms with Crippen molar-refractivity contribution in [3.63, 3.8) is 0 Å². The number of hydrogen-bond acceptors (Lipinski definition) is 6. The molecule has 0 amide bonds. The fraction of sp³-hybridized carbons (Fsp3) is 0.111. The predicted octanol–water partition coefficient (Wildman–Crippen LogP) is 7.66. The standard InChI is InChI=1S/C27H16F6N2O6/c28-26(29,30)25(27(31,32)33,17-11-19(15-7-3-1-4-8-15)23(36)21(13-17)34(38)39)18-12-20(16-9-5-2-6-10-16)24(37)22(14-18)35(40)41/h1-14,36-37H. The molecule has 8 nitrogen and oxygen atoms in total. The number of nitro benzene ring substituents is 2. The van der Waals surface area contributed by atoms with Crippen LogP contribution in [0.25, 0.3) is 22.3 Å². The Bertz CT molecular complexity index is 1520. The van der Waals surface area contributed by atoms with E-state index >= 15 is 0 Å². The third-order valence-corrected chi connectivity index (χ3v) is 6.46. The highest BCUT2D eigenvalue weighted by Crippen LogP contribution is 2.59. The van der Waals surface area contributed by atoms with Crippen LogP contribution in [0.2, 0.25) is 0 Å². The number of phenols is 2. The molecule has 4 rings (SSSR count). The fourth-order valence-corrected chi connectivity index (χ4v) is 4.61. The van der Waals surface area contributed by atoms with E-state index in [4.69, 9.17) is 0 Å². The number of benzene rings is 4. The summed E-state index contributed by atoms with van der Waals surface area (Å²) >= 11 is 0. The van der Waals surface area contributed by atoms with Crippen LogP contribution >= 0.6 is 0 Å². The summed E-state index contributed by atoms with van der Waals surface area (Å²) < 4.78 is 90.0. The van der Waals surface area contributed by atoms with Crippen molar-refractivity contribution in [1.29, 1.82) is 0 Å². The molecular formula is C27H16F6N2O6. The van der Waals surface area contributed by atoms with Crippen molar-refractivity contribution in [3.8, 4) is 33.8 Å². The summed E-state index contributed by atoms with van der Waals surface area (Å²) in [5, 5.41) is 44.4. The van der Waals surface area contributed by atoms with Crippen molar-refractivity contribution in [1.82, 2.24) is 0 Å². The summed E-state index contributed by atoms with van der Waals surface area (Å²) in [5.74, 6) is -2.38. The van der Waals surface area contributed by atoms with Gasteiger partial charge >= 0.3 is 23.7 Å². The van der Waals surface area contributed by atoms with E-state index in [1.54, 1.807) is 0 Å². The Hall–Kier alpha value is -5.14. The Morgan fingerprint density at radius 1 is 0.561 bits per heavy atom. The molecule has 0 unspecified atom stereocenters. The number of halogens is 6. The monoisotopic (exact) mass is 578 g/mol. The zero-order valence-electron chi connectivity index (χ0n) is 20.3. The van der Waals surface area contributed by atoms with E-state index in [0.29, 0.717) is 12.1 Å². The molecule has 0 aliphatic carbocycles. The van der Waals surface area contributed by atoms with Crippen LogP contribution in [0.5, 0.6) is 11.5 Å². The summed E-state index contributed by atoms with van der Waals surface area (Å²) in [7, 11) is 0. The number of nitrogens with zero attached hydrogens (tertiary/aromatic N) is 2. The highest BCUT2D eigenvalue weighted by Gasteiger charge is 2.73. The van der Waals surface area contributed by atoms with Crippen molar-refractivity contribution in [2.45, 2.75) is 17.8 Å². The van der Waals surface area contributed by atoms with Gasteiger partial charge in [0, 0.05) is 23.3 Å². The molecule has 2 N–H and O–H groups in total. The zero-order valence-corrected chi connectivity index (χ0v) is 20.3. The van der Waals surface area contributed by atoms with Crippen LogP contribution in [-0.4, -0.2) is 32.4 Å². The Morgan fingerprint density at radius 3 is 1.15 bits per heavy atom. The number of hydrogen-bond donors (Lipinski definition) is 2. The minimum atomic E-state index is -6.30. The average Bonchev–Trinajstić information content (AvgIpc) is 2.89. The van der Waals surface area contributed by atoms with Gasteiger partial charge in [0.05, 0.1) is 9.85 Å². The van der Waals surface area contributed by atoms with Crippen LogP contribution in [0.1, 0.15) is 11.1 Å². The number of nitro groups is 2. The Kier molecular flexibility index (Phi) is 7.12. The summed E-state index contributed by atoms with van der Waals surface area (Å²) in [6, 6.07) is 13.5. The molecule has 0 heterocycles. The molecule has 4 aromatic carbocycles. The lowest BCUT2D eigenvalue weighted by Gasteiger charge is -2.38. The van der Waals surface area contributed by atoms with Gasteiger partial charge in [-0.3, -0.25) is 20.2 Å². The first-order valence-electron chi connectivity index (χ1n) is 11.4. The van der Waals surface area contributed by atoms with Gasteiger partial charge in [-0.25, -0.2) is 0 Å². The molecule has 212 valence electrons. The molecule has 0 aliphatic heterocycles. The summed E-state index contributed by atoms with van der Waals surface area (Å²) in [5.41, 5.74) is -13.2. The molecule has 14 heteroatoms. The van der Waals surface area contributed by atoms with Gasteiger partial charge in [0.25, 0.3) is 0 Å². The molecule has 0 bridgehead atoms. The molecule has 0 spiro atoms. The van der Waals surface area contributed by atoms with E-state index in [2.05, 4.69) is 0 Å². The topological polar surface area (TPSA) is 127 Å². The maximum atomic E-state index is 15.0. The highest BCUT2D eigenvalue weighted by molar-refractivity contribution is 5.79. The maximum absolute atomic E-state index is 15.0. The SMILES string of the molecule is O=[N+]([O-])c1cc(C(c2cc(-c3ccccc3)c(O)c([N+](=O)[O-])c2)(C(F)(F)F)C(F)(F)F)cc(-c2ccccc2)c1O. The summed E-state index contributed by atoms with van der Waals surface area (Å²) in [6.45, 7) is 0. The second kappa shape index (κ2) is 10.1. The first-order valence-corrected chi connectivity index (χ1v) is 11.4. The molecule has 0 saturated carbocycles. The van der Waals surface area contributed by atoms with Crippen molar-refractivity contribution < 1.29 is 46.4 Å². The molecule has 4 aromatic rings. The first-order chi connectivity index (χ1) is 19.1. The summed E-state index contributed by atoms with van der Waals surface area (Å²) in [4.78, 5) is 20.7. The van der Waals surface area contributed by atoms with Gasteiger partial charge in [-0.15, -0.1) is 0 Å². The van der Waals surface area contributed by atoms with Crippen LogP contribution in [0, 0.1) is 20.2 Å². The smallest absolute Gasteiger partial charge is 0.411 e. The minimum Gasteiger partial charge on any atom is -0.502 e. The minimum absolute atomic E-state index is 0.0658. The van der Waals surface area contributed by atoms with Crippen LogP contribution in [0.15, 0.2) is 84.9 Å². The second-order valence-electron chi connectivity index (χ2n) is 8.77. The van der Waals surface area contributed by atoms with E-state index in [1.165, 1.54) is 60.7 Å². The number of phenolic OH excluding ortho intramolecular Hbond substituents is 2. The van der Waals surface area contributed by atoms with E-state index in [0.717, 1.165) is 0 Å². The number of rotatable bonds is 6. The maximum Gasteiger partial charge on any atom is 0.411 e. The molecule has 0 atom stereocenters. The Balaban J connectivity index is 2.24.